The van der Waals surface area contributed by atoms with Crippen molar-refractivity contribution < 1.29 is 9.59 Å². The standard InChI is InChI=1S/C18H19Cl2N3O2S/c1-10(2)7-16(24)23-6-5-14-15(9-23)26-18(21-14)22-17(25)12-4-3-11(19)8-13(12)20/h3-4,8,10H,5-7,9H2,1-2H3,(H,21,22,25). The smallest absolute Gasteiger partial charge is 0.258 e. The lowest BCUT2D eigenvalue weighted by molar-refractivity contribution is -0.132. The van der Waals surface area contributed by atoms with Gasteiger partial charge in [-0.1, -0.05) is 48.4 Å². The molecule has 0 saturated heterocycles. The molecule has 3 rings (SSSR count). The molecule has 0 unspecified atom stereocenters. The van der Waals surface area contributed by atoms with Gasteiger partial charge in [0.15, 0.2) is 5.13 Å². The van der Waals surface area contributed by atoms with E-state index >= 15 is 0 Å². The predicted molar refractivity (Wildman–Crippen MR) is 105 cm³/mol. The molecule has 0 bridgehead atoms. The number of aromatic nitrogens is 1. The van der Waals surface area contributed by atoms with E-state index in [-0.39, 0.29) is 11.8 Å². The number of carbonyl (C=O) groups excluding carboxylic acids is 2. The zero-order chi connectivity index (χ0) is 18.8. The van der Waals surface area contributed by atoms with Crippen LogP contribution in [0.25, 0.3) is 0 Å². The van der Waals surface area contributed by atoms with Gasteiger partial charge in [-0.25, -0.2) is 4.98 Å². The first-order chi connectivity index (χ1) is 12.3. The van der Waals surface area contributed by atoms with Crippen molar-refractivity contribution in [2.45, 2.75) is 33.2 Å². The zero-order valence-corrected chi connectivity index (χ0v) is 16.8. The van der Waals surface area contributed by atoms with Gasteiger partial charge in [0.2, 0.25) is 5.91 Å². The Bertz CT molecular complexity index is 851. The average Bonchev–Trinajstić information content (AvgIpc) is 2.95. The van der Waals surface area contributed by atoms with Gasteiger partial charge in [-0.2, -0.15) is 0 Å². The van der Waals surface area contributed by atoms with E-state index in [1.807, 2.05) is 18.7 Å². The van der Waals surface area contributed by atoms with Crippen LogP contribution in [-0.4, -0.2) is 28.2 Å². The molecule has 0 saturated carbocycles. The minimum Gasteiger partial charge on any atom is -0.337 e. The fourth-order valence-corrected chi connectivity index (χ4v) is 4.29. The molecule has 0 atom stereocenters. The van der Waals surface area contributed by atoms with Crippen molar-refractivity contribution in [3.05, 3.63) is 44.4 Å². The number of halogens is 2. The minimum absolute atomic E-state index is 0.164. The quantitative estimate of drug-likeness (QED) is 0.796. The molecule has 5 nitrogen and oxygen atoms in total. The fourth-order valence-electron chi connectivity index (χ4n) is 2.78. The summed E-state index contributed by atoms with van der Waals surface area (Å²) in [5.41, 5.74) is 1.29. The van der Waals surface area contributed by atoms with Crippen LogP contribution < -0.4 is 5.32 Å². The number of nitrogens with zero attached hydrogens (tertiary/aromatic N) is 2. The summed E-state index contributed by atoms with van der Waals surface area (Å²) in [5, 5.41) is 4.08. The van der Waals surface area contributed by atoms with Gasteiger partial charge in [-0.15, -0.1) is 0 Å². The fraction of sp³-hybridized carbons (Fsp3) is 0.389. The number of rotatable bonds is 4. The third-order valence-corrected chi connectivity index (χ3v) is 5.61. The van der Waals surface area contributed by atoms with Crippen LogP contribution in [0.2, 0.25) is 10.0 Å². The molecular formula is C18H19Cl2N3O2S. The first kappa shape index (κ1) is 19.1. The van der Waals surface area contributed by atoms with Crippen LogP contribution in [0.5, 0.6) is 0 Å². The second kappa shape index (κ2) is 7.94. The summed E-state index contributed by atoms with van der Waals surface area (Å²) >= 11 is 13.3. The number of hydrogen-bond donors (Lipinski definition) is 1. The summed E-state index contributed by atoms with van der Waals surface area (Å²) in [6.07, 6.45) is 1.25. The molecule has 1 N–H and O–H groups in total. The molecule has 2 amide bonds. The van der Waals surface area contributed by atoms with Crippen molar-refractivity contribution in [1.29, 1.82) is 0 Å². The molecule has 0 fully saturated rings. The van der Waals surface area contributed by atoms with Crippen molar-refractivity contribution >= 4 is 51.5 Å². The highest BCUT2D eigenvalue weighted by Crippen LogP contribution is 2.30. The molecule has 1 aromatic carbocycles. The van der Waals surface area contributed by atoms with Crippen molar-refractivity contribution in [3.63, 3.8) is 0 Å². The lowest BCUT2D eigenvalue weighted by Crippen LogP contribution is -2.36. The number of carbonyl (C=O) groups is 2. The highest BCUT2D eigenvalue weighted by atomic mass is 35.5. The van der Waals surface area contributed by atoms with Crippen LogP contribution in [0.4, 0.5) is 5.13 Å². The molecule has 26 heavy (non-hydrogen) atoms. The molecule has 8 heteroatoms. The number of anilines is 1. The molecule has 138 valence electrons. The van der Waals surface area contributed by atoms with Crippen LogP contribution >= 0.6 is 34.5 Å². The molecule has 1 aliphatic rings. The molecule has 2 aromatic rings. The Morgan fingerprint density at radius 1 is 1.35 bits per heavy atom. The van der Waals surface area contributed by atoms with Gasteiger partial charge in [-0.05, 0) is 24.1 Å². The number of thiazole rings is 1. The number of nitrogens with one attached hydrogen (secondary N) is 1. The lowest BCUT2D eigenvalue weighted by Gasteiger charge is -2.26. The molecule has 2 heterocycles. The van der Waals surface area contributed by atoms with Gasteiger partial charge >= 0.3 is 0 Å². The van der Waals surface area contributed by atoms with Gasteiger partial charge in [0.25, 0.3) is 5.91 Å². The summed E-state index contributed by atoms with van der Waals surface area (Å²) in [6, 6.07) is 4.73. The molecule has 0 radical (unpaired) electrons. The highest BCUT2D eigenvalue weighted by molar-refractivity contribution is 7.15. The SMILES string of the molecule is CC(C)CC(=O)N1CCc2nc(NC(=O)c3ccc(Cl)cc3Cl)sc2C1. The Morgan fingerprint density at radius 2 is 2.12 bits per heavy atom. The number of hydrogen-bond acceptors (Lipinski definition) is 4. The Labute approximate surface area is 166 Å². The summed E-state index contributed by atoms with van der Waals surface area (Å²) in [7, 11) is 0. The van der Waals surface area contributed by atoms with Crippen molar-refractivity contribution in [1.82, 2.24) is 9.88 Å². The first-order valence-electron chi connectivity index (χ1n) is 8.36. The van der Waals surface area contributed by atoms with E-state index in [0.29, 0.717) is 52.6 Å². The zero-order valence-electron chi connectivity index (χ0n) is 14.5. The van der Waals surface area contributed by atoms with E-state index in [9.17, 15) is 9.59 Å². The van der Waals surface area contributed by atoms with Crippen molar-refractivity contribution in [2.75, 3.05) is 11.9 Å². The highest BCUT2D eigenvalue weighted by Gasteiger charge is 2.25. The maximum atomic E-state index is 12.4. The summed E-state index contributed by atoms with van der Waals surface area (Å²) in [4.78, 5) is 32.1. The molecular weight excluding hydrogens is 393 g/mol. The second-order valence-electron chi connectivity index (χ2n) is 6.63. The molecule has 0 spiro atoms. The van der Waals surface area contributed by atoms with E-state index < -0.39 is 0 Å². The normalized spacial score (nSPS) is 13.7. The summed E-state index contributed by atoms with van der Waals surface area (Å²) in [5.74, 6) is 0.174. The number of benzene rings is 1. The molecule has 1 aliphatic heterocycles. The first-order valence-corrected chi connectivity index (χ1v) is 9.93. The van der Waals surface area contributed by atoms with Crippen LogP contribution in [0, 0.1) is 5.92 Å². The lowest BCUT2D eigenvalue weighted by atomic mass is 10.1. The van der Waals surface area contributed by atoms with Crippen LogP contribution in [-0.2, 0) is 17.8 Å². The Kier molecular flexibility index (Phi) is 5.85. The Balaban J connectivity index is 1.70. The third-order valence-electron chi connectivity index (χ3n) is 4.06. The van der Waals surface area contributed by atoms with Crippen molar-refractivity contribution in [2.24, 2.45) is 5.92 Å². The predicted octanol–water partition coefficient (Wildman–Crippen LogP) is 4.63. The maximum Gasteiger partial charge on any atom is 0.258 e. The Hall–Kier alpha value is -1.63. The van der Waals surface area contributed by atoms with Crippen molar-refractivity contribution in [3.8, 4) is 0 Å². The second-order valence-corrected chi connectivity index (χ2v) is 8.56. The van der Waals surface area contributed by atoms with E-state index in [0.717, 1.165) is 10.6 Å². The number of fused-ring (bicyclic) bond motifs is 1. The van der Waals surface area contributed by atoms with E-state index in [2.05, 4.69) is 10.3 Å². The van der Waals surface area contributed by atoms with Crippen LogP contribution in [0.1, 0.15) is 41.2 Å². The molecule has 1 aromatic heterocycles. The van der Waals surface area contributed by atoms with Gasteiger partial charge in [0.05, 0.1) is 22.8 Å². The Morgan fingerprint density at radius 3 is 2.81 bits per heavy atom. The van der Waals surface area contributed by atoms with Gasteiger partial charge in [-0.3, -0.25) is 14.9 Å². The van der Waals surface area contributed by atoms with E-state index in [1.54, 1.807) is 12.1 Å². The van der Waals surface area contributed by atoms with Crippen LogP contribution in [0.3, 0.4) is 0 Å². The summed E-state index contributed by atoms with van der Waals surface area (Å²) < 4.78 is 0. The maximum absolute atomic E-state index is 12.4. The third kappa shape index (κ3) is 4.37. The topological polar surface area (TPSA) is 62.3 Å². The van der Waals surface area contributed by atoms with E-state index in [1.165, 1.54) is 17.4 Å². The summed E-state index contributed by atoms with van der Waals surface area (Å²) in [6.45, 7) is 5.29. The average molecular weight is 412 g/mol. The largest absolute Gasteiger partial charge is 0.337 e. The minimum atomic E-state index is -0.328. The number of amides is 2. The van der Waals surface area contributed by atoms with Crippen LogP contribution in [0.15, 0.2) is 18.2 Å². The van der Waals surface area contributed by atoms with Gasteiger partial charge in [0, 0.05) is 29.3 Å². The van der Waals surface area contributed by atoms with Gasteiger partial charge in [0.1, 0.15) is 0 Å². The molecule has 0 aliphatic carbocycles. The van der Waals surface area contributed by atoms with Gasteiger partial charge < -0.3 is 4.90 Å². The monoisotopic (exact) mass is 411 g/mol. The van der Waals surface area contributed by atoms with E-state index in [4.69, 9.17) is 23.2 Å².